The number of rotatable bonds is 10. The van der Waals surface area contributed by atoms with Crippen molar-refractivity contribution in [1.82, 2.24) is 5.32 Å². The van der Waals surface area contributed by atoms with Crippen LogP contribution in [0.15, 0.2) is 12.1 Å². The molecule has 1 unspecified atom stereocenters. The smallest absolute Gasteiger partial charge is 0.179 e. The van der Waals surface area contributed by atoms with Gasteiger partial charge in [-0.2, -0.15) is 0 Å². The predicted molar refractivity (Wildman–Crippen MR) is 89.6 cm³/mol. The Hall–Kier alpha value is -0.930. The number of nitrogens with one attached hydrogen (secondary N) is 1. The van der Waals surface area contributed by atoms with Gasteiger partial charge in [0.15, 0.2) is 11.5 Å². The highest BCUT2D eigenvalue weighted by Crippen LogP contribution is 2.35. The fourth-order valence-electron chi connectivity index (χ4n) is 2.34. The lowest BCUT2D eigenvalue weighted by Gasteiger charge is -2.16. The quantitative estimate of drug-likeness (QED) is 0.629. The fraction of sp³-hybridized carbons (Fsp3) is 0.647. The van der Waals surface area contributed by atoms with E-state index in [-0.39, 0.29) is 0 Å². The van der Waals surface area contributed by atoms with E-state index in [0.29, 0.717) is 22.6 Å². The summed E-state index contributed by atoms with van der Waals surface area (Å²) >= 11 is 6.21. The summed E-state index contributed by atoms with van der Waals surface area (Å²) < 4.78 is 10.6. The molecule has 0 aliphatic heterocycles. The largest absolute Gasteiger partial charge is 0.493 e. The maximum atomic E-state index is 6.21. The first-order valence-electron chi connectivity index (χ1n) is 7.76. The van der Waals surface area contributed by atoms with Gasteiger partial charge in [0.1, 0.15) is 0 Å². The first-order chi connectivity index (χ1) is 10.1. The molecule has 0 amide bonds. The van der Waals surface area contributed by atoms with E-state index in [1.807, 2.05) is 12.1 Å². The molecule has 1 atom stereocenters. The fourth-order valence-corrected chi connectivity index (χ4v) is 2.66. The summed E-state index contributed by atoms with van der Waals surface area (Å²) in [5.74, 6) is 1.27. The third-order valence-electron chi connectivity index (χ3n) is 3.64. The van der Waals surface area contributed by atoms with E-state index in [2.05, 4.69) is 19.2 Å². The van der Waals surface area contributed by atoms with E-state index >= 15 is 0 Å². The second kappa shape index (κ2) is 9.91. The Morgan fingerprint density at radius 1 is 1.14 bits per heavy atom. The lowest BCUT2D eigenvalue weighted by atomic mass is 10.1. The standard InChI is InChI=1S/C17H28ClNO2/c1-5-6-7-8-9-13(2)19-12-14-10-15(18)17(21-4)16(11-14)20-3/h10-11,13,19H,5-9,12H2,1-4H3. The summed E-state index contributed by atoms with van der Waals surface area (Å²) in [7, 11) is 3.22. The number of benzene rings is 1. The van der Waals surface area contributed by atoms with E-state index in [1.54, 1.807) is 14.2 Å². The van der Waals surface area contributed by atoms with Gasteiger partial charge in [0, 0.05) is 12.6 Å². The van der Waals surface area contributed by atoms with Crippen LogP contribution in [0, 0.1) is 0 Å². The molecule has 1 rings (SSSR count). The van der Waals surface area contributed by atoms with Gasteiger partial charge < -0.3 is 14.8 Å². The van der Waals surface area contributed by atoms with Gasteiger partial charge in [-0.1, -0.05) is 44.2 Å². The second-order valence-electron chi connectivity index (χ2n) is 5.44. The first-order valence-corrected chi connectivity index (χ1v) is 8.13. The number of methoxy groups -OCH3 is 2. The molecule has 1 aromatic carbocycles. The van der Waals surface area contributed by atoms with E-state index in [4.69, 9.17) is 21.1 Å². The van der Waals surface area contributed by atoms with Crippen LogP contribution in [-0.2, 0) is 6.54 Å². The number of hydrogen-bond acceptors (Lipinski definition) is 3. The topological polar surface area (TPSA) is 30.5 Å². The molecule has 0 aliphatic rings. The molecule has 0 fully saturated rings. The van der Waals surface area contributed by atoms with Crippen LogP contribution in [-0.4, -0.2) is 20.3 Å². The Balaban J connectivity index is 2.49. The van der Waals surface area contributed by atoms with Gasteiger partial charge in [0.05, 0.1) is 19.2 Å². The summed E-state index contributed by atoms with van der Waals surface area (Å²) in [6.07, 6.45) is 6.43. The van der Waals surface area contributed by atoms with Gasteiger partial charge in [0.25, 0.3) is 0 Å². The van der Waals surface area contributed by atoms with Gasteiger partial charge in [-0.15, -0.1) is 0 Å². The van der Waals surface area contributed by atoms with Crippen molar-refractivity contribution in [2.75, 3.05) is 14.2 Å². The van der Waals surface area contributed by atoms with Gasteiger partial charge in [-0.3, -0.25) is 0 Å². The Bertz CT molecular complexity index is 423. The van der Waals surface area contributed by atoms with Crippen molar-refractivity contribution in [2.45, 2.75) is 58.5 Å². The molecule has 1 aromatic rings. The van der Waals surface area contributed by atoms with Crippen LogP contribution in [0.4, 0.5) is 0 Å². The third-order valence-corrected chi connectivity index (χ3v) is 3.92. The summed E-state index contributed by atoms with van der Waals surface area (Å²) in [6.45, 7) is 5.26. The Kier molecular flexibility index (Phi) is 8.55. The van der Waals surface area contributed by atoms with Crippen molar-refractivity contribution in [1.29, 1.82) is 0 Å². The summed E-state index contributed by atoms with van der Waals surface area (Å²) in [6, 6.07) is 4.41. The lowest BCUT2D eigenvalue weighted by molar-refractivity contribution is 0.354. The van der Waals surface area contributed by atoms with Crippen LogP contribution in [0.3, 0.4) is 0 Å². The molecule has 0 heterocycles. The highest BCUT2D eigenvalue weighted by molar-refractivity contribution is 6.32. The van der Waals surface area contributed by atoms with Crippen molar-refractivity contribution < 1.29 is 9.47 Å². The van der Waals surface area contributed by atoms with Crippen molar-refractivity contribution in [3.8, 4) is 11.5 Å². The van der Waals surface area contributed by atoms with Gasteiger partial charge in [-0.25, -0.2) is 0 Å². The van der Waals surface area contributed by atoms with E-state index in [0.717, 1.165) is 12.1 Å². The Labute approximate surface area is 134 Å². The number of unbranched alkanes of at least 4 members (excludes halogenated alkanes) is 3. The number of hydrogen-bond donors (Lipinski definition) is 1. The summed E-state index contributed by atoms with van der Waals surface area (Å²) in [5.41, 5.74) is 1.11. The Morgan fingerprint density at radius 2 is 1.90 bits per heavy atom. The van der Waals surface area contributed by atoms with Crippen molar-refractivity contribution in [3.63, 3.8) is 0 Å². The molecule has 0 aromatic heterocycles. The van der Waals surface area contributed by atoms with Crippen LogP contribution in [0.5, 0.6) is 11.5 Å². The molecule has 4 heteroatoms. The first kappa shape index (κ1) is 18.1. The third kappa shape index (κ3) is 6.15. The highest BCUT2D eigenvalue weighted by Gasteiger charge is 2.11. The second-order valence-corrected chi connectivity index (χ2v) is 5.85. The van der Waals surface area contributed by atoms with Crippen LogP contribution in [0.2, 0.25) is 5.02 Å². The van der Waals surface area contributed by atoms with E-state index in [1.165, 1.54) is 32.1 Å². The minimum atomic E-state index is 0.508. The molecule has 0 spiro atoms. The minimum absolute atomic E-state index is 0.508. The average Bonchev–Trinajstić information content (AvgIpc) is 2.48. The van der Waals surface area contributed by atoms with Crippen LogP contribution in [0.25, 0.3) is 0 Å². The van der Waals surface area contributed by atoms with Crippen molar-refractivity contribution >= 4 is 11.6 Å². The van der Waals surface area contributed by atoms with E-state index < -0.39 is 0 Å². The monoisotopic (exact) mass is 313 g/mol. The zero-order valence-electron chi connectivity index (χ0n) is 13.7. The predicted octanol–water partition coefficient (Wildman–Crippen LogP) is 4.81. The molecular weight excluding hydrogens is 286 g/mol. The summed E-state index contributed by atoms with van der Waals surface area (Å²) in [4.78, 5) is 0. The zero-order valence-corrected chi connectivity index (χ0v) is 14.4. The van der Waals surface area contributed by atoms with Gasteiger partial charge in [0.2, 0.25) is 0 Å². The number of ether oxygens (including phenoxy) is 2. The normalized spacial score (nSPS) is 12.2. The molecule has 120 valence electrons. The molecule has 3 nitrogen and oxygen atoms in total. The van der Waals surface area contributed by atoms with Crippen molar-refractivity contribution in [3.05, 3.63) is 22.7 Å². The Morgan fingerprint density at radius 3 is 2.52 bits per heavy atom. The molecule has 0 aliphatic carbocycles. The molecule has 0 saturated heterocycles. The molecule has 0 radical (unpaired) electrons. The molecule has 1 N–H and O–H groups in total. The lowest BCUT2D eigenvalue weighted by Crippen LogP contribution is -2.25. The summed E-state index contributed by atoms with van der Waals surface area (Å²) in [5, 5.41) is 4.12. The molecule has 0 saturated carbocycles. The van der Waals surface area contributed by atoms with Gasteiger partial charge in [-0.05, 0) is 31.0 Å². The average molecular weight is 314 g/mol. The van der Waals surface area contributed by atoms with Crippen LogP contribution >= 0.6 is 11.6 Å². The van der Waals surface area contributed by atoms with Crippen LogP contribution < -0.4 is 14.8 Å². The van der Waals surface area contributed by atoms with E-state index in [9.17, 15) is 0 Å². The maximum absolute atomic E-state index is 6.21. The van der Waals surface area contributed by atoms with Crippen LogP contribution in [0.1, 0.15) is 51.5 Å². The molecule has 21 heavy (non-hydrogen) atoms. The number of halogens is 1. The van der Waals surface area contributed by atoms with Gasteiger partial charge >= 0.3 is 0 Å². The highest BCUT2D eigenvalue weighted by atomic mass is 35.5. The molecular formula is C17H28ClNO2. The zero-order chi connectivity index (χ0) is 15.7. The molecule has 0 bridgehead atoms. The van der Waals surface area contributed by atoms with Crippen molar-refractivity contribution in [2.24, 2.45) is 0 Å². The minimum Gasteiger partial charge on any atom is -0.493 e. The SMILES string of the molecule is CCCCCCC(C)NCc1cc(Cl)c(OC)c(OC)c1. The maximum Gasteiger partial charge on any atom is 0.179 e.